The number of nitrogens with one attached hydrogen (secondary N) is 1. The van der Waals surface area contributed by atoms with Crippen LogP contribution >= 0.6 is 11.3 Å². The lowest BCUT2D eigenvalue weighted by Crippen LogP contribution is -2.17. The first-order chi connectivity index (χ1) is 15.0. The lowest BCUT2D eigenvalue weighted by Gasteiger charge is -2.14. The zero-order chi connectivity index (χ0) is 23.1. The molecule has 11 heteroatoms. The molecule has 0 radical (unpaired) electrons. The second-order valence-electron chi connectivity index (χ2n) is 6.67. The lowest BCUT2D eigenvalue weighted by atomic mass is 10.0. The topological polar surface area (TPSA) is 54.9 Å². The molecule has 1 N–H and O–H groups in total. The summed E-state index contributed by atoms with van der Waals surface area (Å²) in [6, 6.07) is 10.5. The van der Waals surface area contributed by atoms with Crippen LogP contribution in [0.5, 0.6) is 0 Å². The molecule has 4 nitrogen and oxygen atoms in total. The van der Waals surface area contributed by atoms with Gasteiger partial charge in [0, 0.05) is 23.0 Å². The van der Waals surface area contributed by atoms with E-state index in [0.717, 1.165) is 10.3 Å². The number of anilines is 1. The molecule has 32 heavy (non-hydrogen) atoms. The van der Waals surface area contributed by atoms with Gasteiger partial charge in [0.15, 0.2) is 0 Å². The van der Waals surface area contributed by atoms with Gasteiger partial charge < -0.3 is 5.32 Å². The van der Waals surface area contributed by atoms with Crippen LogP contribution in [0.15, 0.2) is 60.8 Å². The summed E-state index contributed by atoms with van der Waals surface area (Å²) >= 11 is 1.35. The Balaban J connectivity index is 1.58. The number of hydrogen-bond acceptors (Lipinski definition) is 4. The zero-order valence-corrected chi connectivity index (χ0v) is 16.6. The van der Waals surface area contributed by atoms with Crippen molar-refractivity contribution in [2.24, 2.45) is 0 Å². The molecule has 0 aliphatic rings. The number of thiazole rings is 1. The van der Waals surface area contributed by atoms with E-state index in [-0.39, 0.29) is 11.8 Å². The number of pyridine rings is 1. The van der Waals surface area contributed by atoms with Crippen molar-refractivity contribution in [3.8, 4) is 10.6 Å². The van der Waals surface area contributed by atoms with E-state index in [1.54, 1.807) is 30.5 Å². The minimum Gasteiger partial charge on any atom is -0.322 e. The molecule has 2 aromatic heterocycles. The lowest BCUT2D eigenvalue weighted by molar-refractivity contribution is -0.143. The van der Waals surface area contributed by atoms with Crippen LogP contribution in [-0.2, 0) is 12.4 Å². The number of carbonyl (C=O) groups excluding carboxylic acids is 1. The number of alkyl halides is 6. The predicted molar refractivity (Wildman–Crippen MR) is 107 cm³/mol. The normalized spacial score (nSPS) is 12.2. The quantitative estimate of drug-likeness (QED) is 0.344. The van der Waals surface area contributed by atoms with Crippen LogP contribution < -0.4 is 5.32 Å². The van der Waals surface area contributed by atoms with Crippen molar-refractivity contribution in [1.29, 1.82) is 0 Å². The number of amides is 1. The molecule has 4 rings (SSSR count). The fourth-order valence-electron chi connectivity index (χ4n) is 2.88. The number of aromatic nitrogens is 2. The third-order valence-electron chi connectivity index (χ3n) is 4.41. The highest BCUT2D eigenvalue weighted by molar-refractivity contribution is 7.21. The van der Waals surface area contributed by atoms with Crippen LogP contribution in [-0.4, -0.2) is 15.9 Å². The van der Waals surface area contributed by atoms with Crippen molar-refractivity contribution in [2.75, 3.05) is 5.32 Å². The Morgan fingerprint density at radius 2 is 1.50 bits per heavy atom. The second kappa shape index (κ2) is 7.90. The Bertz CT molecular complexity index is 1230. The molecule has 0 fully saturated rings. The highest BCUT2D eigenvalue weighted by Gasteiger charge is 2.37. The van der Waals surface area contributed by atoms with Crippen LogP contribution in [0.2, 0.25) is 0 Å². The maximum absolute atomic E-state index is 13.0. The average Bonchev–Trinajstić information content (AvgIpc) is 3.17. The van der Waals surface area contributed by atoms with E-state index >= 15 is 0 Å². The molecule has 0 spiro atoms. The predicted octanol–water partition coefficient (Wildman–Crippen LogP) is 6.65. The minimum absolute atomic E-state index is 0.0293. The highest BCUT2D eigenvalue weighted by Crippen LogP contribution is 2.36. The molecule has 164 valence electrons. The fourth-order valence-corrected chi connectivity index (χ4v) is 3.79. The first-order valence-corrected chi connectivity index (χ1v) is 9.75. The molecule has 0 saturated carbocycles. The molecule has 4 aromatic rings. The van der Waals surface area contributed by atoms with Gasteiger partial charge in [0.05, 0.1) is 11.1 Å². The van der Waals surface area contributed by atoms with Gasteiger partial charge in [-0.2, -0.15) is 26.3 Å². The number of fused-ring (bicyclic) bond motifs is 1. The Morgan fingerprint density at radius 1 is 0.875 bits per heavy atom. The average molecular weight is 467 g/mol. The van der Waals surface area contributed by atoms with Crippen LogP contribution in [0.1, 0.15) is 21.5 Å². The Kier molecular flexibility index (Phi) is 5.37. The van der Waals surface area contributed by atoms with Crippen molar-refractivity contribution in [3.63, 3.8) is 0 Å². The van der Waals surface area contributed by atoms with E-state index in [9.17, 15) is 31.1 Å². The van der Waals surface area contributed by atoms with E-state index in [4.69, 9.17) is 0 Å². The molecule has 0 bridgehead atoms. The summed E-state index contributed by atoms with van der Waals surface area (Å²) in [4.78, 5) is 21.8. The van der Waals surface area contributed by atoms with E-state index in [1.807, 2.05) is 0 Å². The summed E-state index contributed by atoms with van der Waals surface area (Å²) in [5.41, 5.74) is -2.24. The van der Waals surface area contributed by atoms with E-state index in [2.05, 4.69) is 15.3 Å². The summed E-state index contributed by atoms with van der Waals surface area (Å²) < 4.78 is 78.0. The SMILES string of the molecule is O=C(Nc1ccc(-c2nc3cccnc3s2)cc1)c1cc(C(F)(F)F)cc(C(F)(F)F)c1. The van der Waals surface area contributed by atoms with Crippen LogP contribution in [0.25, 0.3) is 20.9 Å². The summed E-state index contributed by atoms with van der Waals surface area (Å²) in [6.45, 7) is 0. The van der Waals surface area contributed by atoms with Gasteiger partial charge in [-0.25, -0.2) is 9.97 Å². The van der Waals surface area contributed by atoms with E-state index < -0.39 is 35.0 Å². The Morgan fingerprint density at radius 3 is 2.06 bits per heavy atom. The number of nitrogens with zero attached hydrogens (tertiary/aromatic N) is 2. The third-order valence-corrected chi connectivity index (χ3v) is 5.43. The maximum Gasteiger partial charge on any atom is 0.416 e. The second-order valence-corrected chi connectivity index (χ2v) is 7.65. The Hall–Kier alpha value is -3.47. The summed E-state index contributed by atoms with van der Waals surface area (Å²) in [7, 11) is 0. The molecule has 0 aliphatic carbocycles. The molecule has 0 saturated heterocycles. The van der Waals surface area contributed by atoms with Gasteiger partial charge in [0.25, 0.3) is 5.91 Å². The number of benzene rings is 2. The number of carbonyl (C=O) groups is 1. The third kappa shape index (κ3) is 4.57. The minimum atomic E-state index is -5.04. The molecule has 0 aliphatic heterocycles. The van der Waals surface area contributed by atoms with Crippen molar-refractivity contribution in [3.05, 3.63) is 77.5 Å². The molecular weight excluding hydrogens is 456 g/mol. The van der Waals surface area contributed by atoms with Gasteiger partial charge in [-0.05, 0) is 54.6 Å². The number of halogens is 6. The largest absolute Gasteiger partial charge is 0.416 e. The molecular formula is C21H11F6N3OS. The van der Waals surface area contributed by atoms with Crippen LogP contribution in [0, 0.1) is 0 Å². The van der Waals surface area contributed by atoms with Crippen molar-refractivity contribution in [2.45, 2.75) is 12.4 Å². The van der Waals surface area contributed by atoms with E-state index in [0.29, 0.717) is 22.7 Å². The molecule has 2 aromatic carbocycles. The summed E-state index contributed by atoms with van der Waals surface area (Å²) in [5.74, 6) is -1.10. The Labute approximate surface area is 180 Å². The van der Waals surface area contributed by atoms with Crippen LogP contribution in [0.3, 0.4) is 0 Å². The monoisotopic (exact) mass is 467 g/mol. The number of rotatable bonds is 3. The summed E-state index contributed by atoms with van der Waals surface area (Å²) in [5, 5.41) is 2.99. The van der Waals surface area contributed by atoms with Gasteiger partial charge in [0.1, 0.15) is 15.4 Å². The maximum atomic E-state index is 13.0. The van der Waals surface area contributed by atoms with Gasteiger partial charge in [-0.15, -0.1) is 0 Å². The molecule has 0 atom stereocenters. The van der Waals surface area contributed by atoms with Gasteiger partial charge in [-0.1, -0.05) is 11.3 Å². The summed E-state index contributed by atoms with van der Waals surface area (Å²) in [6.07, 6.45) is -8.44. The van der Waals surface area contributed by atoms with Gasteiger partial charge >= 0.3 is 12.4 Å². The fraction of sp³-hybridized carbons (Fsp3) is 0.0952. The van der Waals surface area contributed by atoms with E-state index in [1.165, 1.54) is 23.5 Å². The molecule has 1 amide bonds. The van der Waals surface area contributed by atoms with Crippen molar-refractivity contribution in [1.82, 2.24) is 9.97 Å². The molecule has 0 unspecified atom stereocenters. The first kappa shape index (κ1) is 21.8. The highest BCUT2D eigenvalue weighted by atomic mass is 32.1. The smallest absolute Gasteiger partial charge is 0.322 e. The van der Waals surface area contributed by atoms with Crippen molar-refractivity contribution < 1.29 is 31.1 Å². The first-order valence-electron chi connectivity index (χ1n) is 8.93. The standard InChI is InChI=1S/C21H11F6N3OS/c22-20(23,24)13-8-12(9-14(10-13)21(25,26)27)17(31)29-15-5-3-11(4-6-15)18-30-16-2-1-7-28-19(16)32-18/h1-10H,(H,29,31). The molecule has 2 heterocycles. The number of hydrogen-bond donors (Lipinski definition) is 1. The zero-order valence-electron chi connectivity index (χ0n) is 15.8. The van der Waals surface area contributed by atoms with Gasteiger partial charge in [-0.3, -0.25) is 4.79 Å². The van der Waals surface area contributed by atoms with Gasteiger partial charge in [0.2, 0.25) is 0 Å². The van der Waals surface area contributed by atoms with Crippen molar-refractivity contribution >= 4 is 33.3 Å². The van der Waals surface area contributed by atoms with Crippen LogP contribution in [0.4, 0.5) is 32.0 Å².